The number of carbonyl (C=O) groups is 1. The summed E-state index contributed by atoms with van der Waals surface area (Å²) in [4.78, 5) is 20.0. The maximum atomic E-state index is 11.7. The van der Waals surface area contributed by atoms with Crippen LogP contribution in [0.2, 0.25) is 0 Å². The molecule has 0 spiro atoms. The second kappa shape index (κ2) is 4.67. The highest BCUT2D eigenvalue weighted by atomic mass is 79.9. The molecule has 0 aromatic carbocycles. The monoisotopic (exact) mass is 295 g/mol. The van der Waals surface area contributed by atoms with Crippen molar-refractivity contribution in [1.29, 1.82) is 0 Å². The van der Waals surface area contributed by atoms with E-state index in [4.69, 9.17) is 10.5 Å². The molecule has 0 amide bonds. The van der Waals surface area contributed by atoms with Crippen LogP contribution in [0.4, 0.5) is 5.69 Å². The molecule has 2 heterocycles. The lowest BCUT2D eigenvalue weighted by Gasteiger charge is -2.08. The molecule has 2 rings (SSSR count). The van der Waals surface area contributed by atoms with Crippen LogP contribution in [0, 0.1) is 0 Å². The van der Waals surface area contributed by atoms with E-state index >= 15 is 0 Å². The number of carbonyl (C=O) groups excluding carboxylic acids is 1. The third-order valence-corrected chi connectivity index (χ3v) is 2.99. The second-order valence-electron chi connectivity index (χ2n) is 3.28. The first-order valence-electron chi connectivity index (χ1n) is 5.02. The van der Waals surface area contributed by atoms with Gasteiger partial charge < -0.3 is 10.5 Å². The van der Waals surface area contributed by atoms with Crippen LogP contribution in [-0.2, 0) is 4.74 Å². The maximum absolute atomic E-state index is 11.7. The van der Waals surface area contributed by atoms with Crippen LogP contribution in [0.1, 0.15) is 17.4 Å². The first-order chi connectivity index (χ1) is 8.15. The Kier molecular flexibility index (Phi) is 3.23. The van der Waals surface area contributed by atoms with Crippen LogP contribution in [0.5, 0.6) is 0 Å². The van der Waals surface area contributed by atoms with E-state index in [1.807, 2.05) is 0 Å². The summed E-state index contributed by atoms with van der Waals surface area (Å²) >= 11 is 3.32. The van der Waals surface area contributed by atoms with Gasteiger partial charge in [-0.3, -0.25) is 4.98 Å². The maximum Gasteiger partial charge on any atom is 0.359 e. The first kappa shape index (κ1) is 11.8. The number of hydrogen-bond acceptors (Lipinski definition) is 5. The van der Waals surface area contributed by atoms with Gasteiger partial charge in [-0.25, -0.2) is 9.78 Å². The van der Waals surface area contributed by atoms with Crippen LogP contribution in [0.3, 0.4) is 0 Å². The molecule has 6 heteroatoms. The minimum absolute atomic E-state index is 0.110. The zero-order valence-electron chi connectivity index (χ0n) is 9.11. The van der Waals surface area contributed by atoms with Crippen molar-refractivity contribution >= 4 is 38.6 Å². The van der Waals surface area contributed by atoms with E-state index in [9.17, 15) is 4.79 Å². The van der Waals surface area contributed by atoms with E-state index in [2.05, 4.69) is 25.9 Å². The lowest BCUT2D eigenvalue weighted by molar-refractivity contribution is 0.0521. The van der Waals surface area contributed by atoms with Gasteiger partial charge in [0.1, 0.15) is 5.52 Å². The number of anilines is 1. The Balaban J connectivity index is 2.65. The molecule has 17 heavy (non-hydrogen) atoms. The average molecular weight is 296 g/mol. The summed E-state index contributed by atoms with van der Waals surface area (Å²) in [5, 5.41) is 0. The Bertz CT molecular complexity index is 586. The summed E-state index contributed by atoms with van der Waals surface area (Å²) in [7, 11) is 0. The fourth-order valence-corrected chi connectivity index (χ4v) is 1.92. The molecule has 0 unspecified atom stereocenters. The van der Waals surface area contributed by atoms with Crippen LogP contribution < -0.4 is 5.73 Å². The van der Waals surface area contributed by atoms with E-state index < -0.39 is 5.97 Å². The number of rotatable bonds is 2. The summed E-state index contributed by atoms with van der Waals surface area (Å²) < 4.78 is 5.45. The number of esters is 1. The van der Waals surface area contributed by atoms with Gasteiger partial charge in [-0.05, 0) is 35.0 Å². The molecule has 2 aromatic heterocycles. The largest absolute Gasteiger partial charge is 0.461 e. The van der Waals surface area contributed by atoms with Crippen molar-refractivity contribution in [3.63, 3.8) is 0 Å². The number of halogens is 1. The van der Waals surface area contributed by atoms with E-state index in [1.165, 1.54) is 0 Å². The van der Waals surface area contributed by atoms with Crippen LogP contribution in [0.15, 0.2) is 22.8 Å². The number of aromatic nitrogens is 2. The topological polar surface area (TPSA) is 78.1 Å². The predicted octanol–water partition coefficient (Wildman–Crippen LogP) is 2.15. The number of ether oxygens (including phenoxy) is 1. The van der Waals surface area contributed by atoms with Crippen LogP contribution in [-0.4, -0.2) is 22.5 Å². The number of hydrogen-bond donors (Lipinski definition) is 1. The van der Waals surface area contributed by atoms with Crippen molar-refractivity contribution in [2.24, 2.45) is 0 Å². The summed E-state index contributed by atoms with van der Waals surface area (Å²) in [5.41, 5.74) is 7.40. The van der Waals surface area contributed by atoms with E-state index in [0.717, 1.165) is 0 Å². The van der Waals surface area contributed by atoms with E-state index in [-0.39, 0.29) is 18.0 Å². The van der Waals surface area contributed by atoms with Crippen LogP contribution in [0.25, 0.3) is 11.0 Å². The van der Waals surface area contributed by atoms with Crippen molar-refractivity contribution in [2.45, 2.75) is 6.92 Å². The molecule has 0 aliphatic carbocycles. The quantitative estimate of drug-likeness (QED) is 0.859. The van der Waals surface area contributed by atoms with Crippen molar-refractivity contribution in [2.75, 3.05) is 12.3 Å². The summed E-state index contributed by atoms with van der Waals surface area (Å²) in [5.74, 6) is -0.531. The molecule has 0 aliphatic heterocycles. The fraction of sp³-hybridized carbons (Fsp3) is 0.182. The Morgan fingerprint density at radius 3 is 3.06 bits per heavy atom. The zero-order chi connectivity index (χ0) is 12.4. The molecule has 0 atom stereocenters. The zero-order valence-corrected chi connectivity index (χ0v) is 10.7. The van der Waals surface area contributed by atoms with Gasteiger partial charge in [0.05, 0.1) is 22.3 Å². The highest BCUT2D eigenvalue weighted by Crippen LogP contribution is 2.29. The number of nitrogens with two attached hydrogens (primary N) is 1. The van der Waals surface area contributed by atoms with Gasteiger partial charge >= 0.3 is 5.97 Å². The van der Waals surface area contributed by atoms with Crippen molar-refractivity contribution in [3.8, 4) is 0 Å². The standard InChI is InChI=1S/C11H10BrN3O2/c1-2-17-11(16)10-8(13)7(12)9-6(15-10)4-3-5-14-9/h3-5H,2,13H2,1H3. The molecule has 0 radical (unpaired) electrons. The van der Waals surface area contributed by atoms with E-state index in [0.29, 0.717) is 15.5 Å². The van der Waals surface area contributed by atoms with Gasteiger partial charge in [-0.2, -0.15) is 0 Å². The molecule has 0 fully saturated rings. The Morgan fingerprint density at radius 1 is 1.59 bits per heavy atom. The Hall–Kier alpha value is -1.69. The highest BCUT2D eigenvalue weighted by Gasteiger charge is 2.18. The van der Waals surface area contributed by atoms with Crippen molar-refractivity contribution in [1.82, 2.24) is 9.97 Å². The first-order valence-corrected chi connectivity index (χ1v) is 5.81. The molecule has 0 saturated heterocycles. The molecule has 2 N–H and O–H groups in total. The van der Waals surface area contributed by atoms with Gasteiger partial charge in [-0.1, -0.05) is 0 Å². The molecule has 88 valence electrons. The predicted molar refractivity (Wildman–Crippen MR) is 67.6 cm³/mol. The van der Waals surface area contributed by atoms with E-state index in [1.54, 1.807) is 25.3 Å². The summed E-state index contributed by atoms with van der Waals surface area (Å²) in [6.07, 6.45) is 1.64. The second-order valence-corrected chi connectivity index (χ2v) is 4.07. The SMILES string of the molecule is CCOC(=O)c1nc2cccnc2c(Br)c1N. The molecule has 0 aliphatic rings. The molecule has 0 bridgehead atoms. The van der Waals surface area contributed by atoms with Gasteiger partial charge in [0, 0.05) is 6.20 Å². The Labute approximate surface area is 106 Å². The minimum Gasteiger partial charge on any atom is -0.461 e. The average Bonchev–Trinajstić information content (AvgIpc) is 2.34. The van der Waals surface area contributed by atoms with Crippen LogP contribution >= 0.6 is 15.9 Å². The third kappa shape index (κ3) is 2.08. The number of nitrogen functional groups attached to an aromatic ring is 1. The van der Waals surface area contributed by atoms with Crippen molar-refractivity contribution < 1.29 is 9.53 Å². The highest BCUT2D eigenvalue weighted by molar-refractivity contribution is 9.10. The van der Waals surface area contributed by atoms with Gasteiger partial charge in [0.2, 0.25) is 0 Å². The third-order valence-electron chi connectivity index (χ3n) is 2.19. The normalized spacial score (nSPS) is 10.5. The van der Waals surface area contributed by atoms with Gasteiger partial charge in [0.25, 0.3) is 0 Å². The Morgan fingerprint density at radius 2 is 2.35 bits per heavy atom. The molecular formula is C11H10BrN3O2. The lowest BCUT2D eigenvalue weighted by atomic mass is 10.2. The number of nitrogens with zero attached hydrogens (tertiary/aromatic N) is 2. The number of pyridine rings is 2. The van der Waals surface area contributed by atoms with Gasteiger partial charge in [-0.15, -0.1) is 0 Å². The smallest absolute Gasteiger partial charge is 0.359 e. The van der Waals surface area contributed by atoms with Gasteiger partial charge in [0.15, 0.2) is 5.69 Å². The molecule has 5 nitrogen and oxygen atoms in total. The molecule has 2 aromatic rings. The number of fused-ring (bicyclic) bond motifs is 1. The summed E-state index contributed by atoms with van der Waals surface area (Å²) in [6.45, 7) is 2.01. The lowest BCUT2D eigenvalue weighted by Crippen LogP contribution is -2.11. The van der Waals surface area contributed by atoms with Crippen molar-refractivity contribution in [3.05, 3.63) is 28.5 Å². The molecule has 0 saturated carbocycles. The summed E-state index contributed by atoms with van der Waals surface area (Å²) in [6, 6.07) is 3.50. The molecular weight excluding hydrogens is 286 g/mol. The fourth-order valence-electron chi connectivity index (χ4n) is 1.42. The minimum atomic E-state index is -0.531.